The maximum absolute atomic E-state index is 11.1. The number of nitrogens with zero attached hydrogens (tertiary/aromatic N) is 1. The van der Waals surface area contributed by atoms with Crippen molar-refractivity contribution in [1.82, 2.24) is 0 Å². The van der Waals surface area contributed by atoms with Crippen LogP contribution in [0.1, 0.15) is 13.8 Å². The molecule has 0 saturated heterocycles. The second-order valence-electron chi connectivity index (χ2n) is 2.90. The molecule has 0 bridgehead atoms. The highest BCUT2D eigenvalue weighted by molar-refractivity contribution is 8.13. The zero-order chi connectivity index (χ0) is 8.48. The van der Waals surface area contributed by atoms with E-state index in [0.29, 0.717) is 0 Å². The monoisotopic (exact) mass is 173 g/mol. The maximum atomic E-state index is 11.1. The van der Waals surface area contributed by atoms with Crippen LogP contribution in [0.25, 0.3) is 0 Å². The Morgan fingerprint density at radius 1 is 1.73 bits per heavy atom. The van der Waals surface area contributed by atoms with Crippen LogP contribution < -0.4 is 0 Å². The molecule has 1 heterocycles. The van der Waals surface area contributed by atoms with E-state index in [0.717, 1.165) is 0 Å². The van der Waals surface area contributed by atoms with Crippen LogP contribution in [0.5, 0.6) is 0 Å². The fourth-order valence-electron chi connectivity index (χ4n) is 0.927. The van der Waals surface area contributed by atoms with E-state index < -0.39 is 0 Å². The Labute approximate surface area is 70.2 Å². The van der Waals surface area contributed by atoms with Gasteiger partial charge in [-0.15, -0.1) is 11.8 Å². The summed E-state index contributed by atoms with van der Waals surface area (Å²) < 4.78 is 4.46. The average molecular weight is 173 g/mol. The van der Waals surface area contributed by atoms with Crippen LogP contribution in [0.2, 0.25) is 0 Å². The lowest BCUT2D eigenvalue weighted by atomic mass is 10.0. The van der Waals surface area contributed by atoms with Crippen LogP contribution in [0, 0.1) is 0 Å². The van der Waals surface area contributed by atoms with Gasteiger partial charge in [-0.05, 0) is 13.8 Å². The number of rotatable bonds is 1. The smallest absolute Gasteiger partial charge is 0.332 e. The molecule has 0 fully saturated rings. The van der Waals surface area contributed by atoms with Gasteiger partial charge in [-0.1, -0.05) is 0 Å². The number of hydrogen-bond donors (Lipinski definition) is 0. The lowest BCUT2D eigenvalue weighted by Gasteiger charge is -2.21. The molecular formula is C7H11NO2S. The lowest BCUT2D eigenvalue weighted by Crippen LogP contribution is -2.35. The van der Waals surface area contributed by atoms with Gasteiger partial charge in [0.1, 0.15) is 0 Å². The summed E-state index contributed by atoms with van der Waals surface area (Å²) in [6, 6.07) is -0.336. The molecular weight excluding hydrogens is 162 g/mol. The van der Waals surface area contributed by atoms with Crippen molar-refractivity contribution in [2.75, 3.05) is 7.11 Å². The second-order valence-corrected chi connectivity index (χ2v) is 4.40. The third-order valence-electron chi connectivity index (χ3n) is 1.65. The average Bonchev–Trinajstić information content (AvgIpc) is 2.28. The molecule has 0 spiro atoms. The third-order valence-corrected chi connectivity index (χ3v) is 2.71. The number of esters is 1. The molecule has 0 aliphatic carbocycles. The van der Waals surface area contributed by atoms with E-state index in [9.17, 15) is 4.79 Å². The first-order valence-corrected chi connectivity index (χ1v) is 4.23. The number of carbonyl (C=O) groups is 1. The van der Waals surface area contributed by atoms with Crippen LogP contribution >= 0.6 is 11.8 Å². The van der Waals surface area contributed by atoms with Crippen LogP contribution in [0.15, 0.2) is 4.99 Å². The Balaban J connectivity index is 2.72. The summed E-state index contributed by atoms with van der Waals surface area (Å²) in [4.78, 5) is 15.1. The van der Waals surface area contributed by atoms with Gasteiger partial charge in [0.15, 0.2) is 6.04 Å². The van der Waals surface area contributed by atoms with Crippen LogP contribution in [0.3, 0.4) is 0 Å². The van der Waals surface area contributed by atoms with Crippen molar-refractivity contribution in [3.05, 3.63) is 0 Å². The van der Waals surface area contributed by atoms with Crippen LogP contribution in [0.4, 0.5) is 0 Å². The van der Waals surface area contributed by atoms with Gasteiger partial charge in [-0.25, -0.2) is 4.79 Å². The Hall–Kier alpha value is -0.510. The maximum Gasteiger partial charge on any atom is 0.332 e. The first kappa shape index (κ1) is 8.59. The van der Waals surface area contributed by atoms with E-state index in [1.165, 1.54) is 7.11 Å². The molecule has 1 unspecified atom stereocenters. The largest absolute Gasteiger partial charge is 0.467 e. The van der Waals surface area contributed by atoms with E-state index in [1.54, 1.807) is 17.3 Å². The van der Waals surface area contributed by atoms with E-state index in [1.807, 2.05) is 13.8 Å². The molecule has 62 valence electrons. The molecule has 4 heteroatoms. The van der Waals surface area contributed by atoms with E-state index in [2.05, 4.69) is 9.73 Å². The number of thioether (sulfide) groups is 1. The SMILES string of the molecule is COC(=O)C1N=CSC1(C)C. The highest BCUT2D eigenvalue weighted by atomic mass is 32.2. The minimum absolute atomic E-state index is 0.146. The Morgan fingerprint density at radius 3 is 2.73 bits per heavy atom. The summed E-state index contributed by atoms with van der Waals surface area (Å²) in [6.07, 6.45) is 0. The molecule has 0 saturated carbocycles. The van der Waals surface area contributed by atoms with E-state index in [4.69, 9.17) is 0 Å². The van der Waals surface area contributed by atoms with Gasteiger partial charge in [-0.2, -0.15) is 0 Å². The number of carbonyl (C=O) groups excluding carboxylic acids is 1. The second kappa shape index (κ2) is 2.85. The normalized spacial score (nSPS) is 27.0. The number of ether oxygens (including phenoxy) is 1. The number of methoxy groups -OCH3 is 1. The molecule has 0 aromatic rings. The van der Waals surface area contributed by atoms with Crippen molar-refractivity contribution >= 4 is 23.3 Å². The quantitative estimate of drug-likeness (QED) is 0.557. The lowest BCUT2D eigenvalue weighted by molar-refractivity contribution is -0.142. The molecule has 3 nitrogen and oxygen atoms in total. The fourth-order valence-corrected chi connectivity index (χ4v) is 1.67. The van der Waals surface area contributed by atoms with Crippen LogP contribution in [-0.2, 0) is 9.53 Å². The summed E-state index contributed by atoms with van der Waals surface area (Å²) in [6.45, 7) is 3.96. The van der Waals surface area contributed by atoms with Crippen molar-refractivity contribution in [3.8, 4) is 0 Å². The highest BCUT2D eigenvalue weighted by Crippen LogP contribution is 2.34. The predicted molar refractivity (Wildman–Crippen MR) is 46.0 cm³/mol. The van der Waals surface area contributed by atoms with Crippen molar-refractivity contribution in [3.63, 3.8) is 0 Å². The molecule has 11 heavy (non-hydrogen) atoms. The van der Waals surface area contributed by atoms with Gasteiger partial charge in [0, 0.05) is 4.75 Å². The topological polar surface area (TPSA) is 38.7 Å². The molecule has 1 aliphatic rings. The first-order valence-electron chi connectivity index (χ1n) is 3.35. The highest BCUT2D eigenvalue weighted by Gasteiger charge is 2.39. The summed E-state index contributed by atoms with van der Waals surface area (Å²) in [7, 11) is 1.39. The molecule has 1 rings (SSSR count). The first-order chi connectivity index (χ1) is 5.08. The molecule has 0 radical (unpaired) electrons. The molecule has 1 atom stereocenters. The van der Waals surface area contributed by atoms with Gasteiger partial charge in [0.2, 0.25) is 0 Å². The Kier molecular flexibility index (Phi) is 2.23. The zero-order valence-corrected chi connectivity index (χ0v) is 7.64. The standard InChI is InChI=1S/C7H11NO2S/c1-7(2)5(6(9)10-3)8-4-11-7/h4-5H,1-3H3. The fraction of sp³-hybridized carbons (Fsp3) is 0.714. The summed E-state index contributed by atoms with van der Waals surface area (Å²) >= 11 is 1.56. The van der Waals surface area contributed by atoms with Gasteiger partial charge >= 0.3 is 5.97 Å². The molecule has 0 N–H and O–H groups in total. The Morgan fingerprint density at radius 2 is 2.36 bits per heavy atom. The van der Waals surface area contributed by atoms with Crippen molar-refractivity contribution in [2.24, 2.45) is 4.99 Å². The van der Waals surface area contributed by atoms with E-state index >= 15 is 0 Å². The molecule has 0 amide bonds. The predicted octanol–water partition coefficient (Wildman–Crippen LogP) is 1.08. The number of aliphatic imine (C=N–C) groups is 1. The van der Waals surface area contributed by atoms with Gasteiger partial charge in [0.25, 0.3) is 0 Å². The minimum atomic E-state index is -0.336. The number of hydrogen-bond acceptors (Lipinski definition) is 4. The summed E-state index contributed by atoms with van der Waals surface area (Å²) in [5.74, 6) is -0.253. The van der Waals surface area contributed by atoms with Crippen LogP contribution in [-0.4, -0.2) is 29.4 Å². The summed E-state index contributed by atoms with van der Waals surface area (Å²) in [5, 5.41) is 0. The molecule has 0 aromatic carbocycles. The van der Waals surface area contributed by atoms with Crippen molar-refractivity contribution in [2.45, 2.75) is 24.6 Å². The molecule has 0 aromatic heterocycles. The van der Waals surface area contributed by atoms with Gasteiger partial charge in [0.05, 0.1) is 12.7 Å². The Bertz CT molecular complexity index is 201. The van der Waals surface area contributed by atoms with Gasteiger partial charge < -0.3 is 4.74 Å². The van der Waals surface area contributed by atoms with Gasteiger partial charge in [-0.3, -0.25) is 4.99 Å². The van der Waals surface area contributed by atoms with Crippen molar-refractivity contribution < 1.29 is 9.53 Å². The third kappa shape index (κ3) is 1.56. The summed E-state index contributed by atoms with van der Waals surface area (Å²) in [5.41, 5.74) is 1.71. The van der Waals surface area contributed by atoms with E-state index in [-0.39, 0.29) is 16.8 Å². The van der Waals surface area contributed by atoms with Crippen molar-refractivity contribution in [1.29, 1.82) is 0 Å². The molecule has 1 aliphatic heterocycles. The minimum Gasteiger partial charge on any atom is -0.467 e. The zero-order valence-electron chi connectivity index (χ0n) is 6.83.